The zero-order valence-corrected chi connectivity index (χ0v) is 9.83. The van der Waals surface area contributed by atoms with E-state index in [1.807, 2.05) is 0 Å². The Kier molecular flexibility index (Phi) is 3.23. The van der Waals surface area contributed by atoms with E-state index in [4.69, 9.17) is 5.11 Å². The van der Waals surface area contributed by atoms with Gasteiger partial charge in [0.05, 0.1) is 0 Å². The number of nitrogens with zero attached hydrogens (tertiary/aromatic N) is 2. The average Bonchev–Trinajstić information content (AvgIpc) is 2.74. The summed E-state index contributed by atoms with van der Waals surface area (Å²) in [5.74, 6) is -1.19. The molecule has 0 fully saturated rings. The molecular formula is C13H12N2O3. The average molecular weight is 244 g/mol. The molecule has 0 radical (unpaired) electrons. The van der Waals surface area contributed by atoms with Gasteiger partial charge >= 0.3 is 5.97 Å². The first-order valence-corrected chi connectivity index (χ1v) is 5.41. The van der Waals surface area contributed by atoms with Crippen molar-refractivity contribution in [2.75, 3.05) is 0 Å². The van der Waals surface area contributed by atoms with Gasteiger partial charge in [-0.2, -0.15) is 0 Å². The van der Waals surface area contributed by atoms with Gasteiger partial charge in [-0.1, -0.05) is 0 Å². The molecule has 2 rings (SSSR count). The molecule has 18 heavy (non-hydrogen) atoms. The summed E-state index contributed by atoms with van der Waals surface area (Å²) in [5.41, 5.74) is 1.44. The van der Waals surface area contributed by atoms with Gasteiger partial charge in [0.2, 0.25) is 0 Å². The van der Waals surface area contributed by atoms with Crippen molar-refractivity contribution in [2.45, 2.75) is 13.5 Å². The predicted octanol–water partition coefficient (Wildman–Crippen LogP) is 1.83. The lowest BCUT2D eigenvalue weighted by atomic mass is 10.2. The van der Waals surface area contributed by atoms with E-state index >= 15 is 0 Å². The van der Waals surface area contributed by atoms with Gasteiger partial charge in [0, 0.05) is 30.7 Å². The maximum absolute atomic E-state index is 11.3. The van der Waals surface area contributed by atoms with Crippen molar-refractivity contribution in [3.05, 3.63) is 53.6 Å². The number of hydrogen-bond acceptors (Lipinski definition) is 3. The second-order valence-corrected chi connectivity index (χ2v) is 3.96. The Morgan fingerprint density at radius 3 is 2.56 bits per heavy atom. The Morgan fingerprint density at radius 1 is 1.33 bits per heavy atom. The van der Waals surface area contributed by atoms with Crippen LogP contribution in [0.15, 0.2) is 36.8 Å². The molecule has 0 amide bonds. The van der Waals surface area contributed by atoms with Crippen LogP contribution >= 0.6 is 0 Å². The fraction of sp³-hybridized carbons (Fsp3) is 0.154. The lowest BCUT2D eigenvalue weighted by molar-refractivity contribution is 0.0685. The van der Waals surface area contributed by atoms with Crippen LogP contribution in [0.5, 0.6) is 0 Å². The van der Waals surface area contributed by atoms with Gasteiger partial charge in [-0.05, 0) is 30.7 Å². The van der Waals surface area contributed by atoms with Gasteiger partial charge in [0.15, 0.2) is 5.78 Å². The molecule has 2 heterocycles. The van der Waals surface area contributed by atoms with Crippen molar-refractivity contribution in [1.29, 1.82) is 0 Å². The van der Waals surface area contributed by atoms with E-state index in [0.29, 0.717) is 12.1 Å². The van der Waals surface area contributed by atoms with Crippen molar-refractivity contribution in [2.24, 2.45) is 0 Å². The van der Waals surface area contributed by atoms with Gasteiger partial charge in [-0.15, -0.1) is 0 Å². The van der Waals surface area contributed by atoms with Crippen LogP contribution in [0, 0.1) is 0 Å². The minimum Gasteiger partial charge on any atom is -0.477 e. The molecule has 0 unspecified atom stereocenters. The SMILES string of the molecule is CC(=O)c1cc(C(=O)O)n(Cc2ccncc2)c1. The molecule has 0 aliphatic carbocycles. The van der Waals surface area contributed by atoms with Gasteiger partial charge in [-0.25, -0.2) is 4.79 Å². The smallest absolute Gasteiger partial charge is 0.352 e. The maximum Gasteiger partial charge on any atom is 0.352 e. The van der Waals surface area contributed by atoms with Crippen LogP contribution in [0.3, 0.4) is 0 Å². The Labute approximate surface area is 104 Å². The molecule has 0 bridgehead atoms. The quantitative estimate of drug-likeness (QED) is 0.833. The molecule has 5 nitrogen and oxygen atoms in total. The largest absolute Gasteiger partial charge is 0.477 e. The van der Waals surface area contributed by atoms with Gasteiger partial charge in [0.25, 0.3) is 0 Å². The highest BCUT2D eigenvalue weighted by Crippen LogP contribution is 2.12. The van der Waals surface area contributed by atoms with Crippen LogP contribution < -0.4 is 0 Å². The first-order chi connectivity index (χ1) is 8.58. The van der Waals surface area contributed by atoms with Crippen LogP contribution in [-0.2, 0) is 6.54 Å². The van der Waals surface area contributed by atoms with E-state index in [1.54, 1.807) is 35.3 Å². The summed E-state index contributed by atoms with van der Waals surface area (Å²) in [6.07, 6.45) is 4.85. The molecule has 0 aliphatic heterocycles. The highest BCUT2D eigenvalue weighted by molar-refractivity contribution is 5.97. The summed E-state index contributed by atoms with van der Waals surface area (Å²) in [6, 6.07) is 5.00. The Bertz CT molecular complexity index is 588. The first-order valence-electron chi connectivity index (χ1n) is 5.41. The van der Waals surface area contributed by atoms with Crippen molar-refractivity contribution in [1.82, 2.24) is 9.55 Å². The van der Waals surface area contributed by atoms with Crippen molar-refractivity contribution < 1.29 is 14.7 Å². The van der Waals surface area contributed by atoms with Gasteiger partial charge in [-0.3, -0.25) is 9.78 Å². The lowest BCUT2D eigenvalue weighted by Crippen LogP contribution is -2.08. The normalized spacial score (nSPS) is 10.3. The Balaban J connectivity index is 2.37. The topological polar surface area (TPSA) is 72.2 Å². The molecular weight excluding hydrogens is 232 g/mol. The second-order valence-electron chi connectivity index (χ2n) is 3.96. The number of ketones is 1. The number of carboxylic acid groups (broad SMARTS) is 1. The van der Waals surface area contributed by atoms with Crippen LogP contribution in [0.25, 0.3) is 0 Å². The number of carbonyl (C=O) groups excluding carboxylic acids is 1. The minimum absolute atomic E-state index is 0.108. The van der Waals surface area contributed by atoms with Crippen molar-refractivity contribution in [3.8, 4) is 0 Å². The number of aromatic carboxylic acids is 1. The number of aromatic nitrogens is 2. The standard InChI is InChI=1S/C13H12N2O3/c1-9(16)11-6-12(13(17)18)15(8-11)7-10-2-4-14-5-3-10/h2-6,8H,7H2,1H3,(H,17,18). The van der Waals surface area contributed by atoms with E-state index < -0.39 is 5.97 Å². The Morgan fingerprint density at radius 2 is 2.00 bits per heavy atom. The lowest BCUT2D eigenvalue weighted by Gasteiger charge is -2.05. The summed E-state index contributed by atoms with van der Waals surface area (Å²) in [7, 11) is 0. The Hall–Kier alpha value is -2.43. The molecule has 92 valence electrons. The van der Waals surface area contributed by atoms with Crippen LogP contribution in [0.1, 0.15) is 33.3 Å². The fourth-order valence-electron chi connectivity index (χ4n) is 1.70. The molecule has 0 spiro atoms. The number of Topliss-reactive ketones (excluding diaryl/α,β-unsaturated/α-hetero) is 1. The molecule has 5 heteroatoms. The number of hydrogen-bond donors (Lipinski definition) is 1. The molecule has 1 N–H and O–H groups in total. The zero-order valence-electron chi connectivity index (χ0n) is 9.83. The second kappa shape index (κ2) is 4.83. The molecule has 0 aromatic carbocycles. The summed E-state index contributed by atoms with van der Waals surface area (Å²) >= 11 is 0. The van der Waals surface area contributed by atoms with E-state index in [-0.39, 0.29) is 11.5 Å². The zero-order chi connectivity index (χ0) is 13.1. The third-order valence-corrected chi connectivity index (χ3v) is 2.62. The van der Waals surface area contributed by atoms with Gasteiger partial charge < -0.3 is 9.67 Å². The fourth-order valence-corrected chi connectivity index (χ4v) is 1.70. The van der Waals surface area contributed by atoms with E-state index in [2.05, 4.69) is 4.98 Å². The molecule has 0 saturated carbocycles. The number of carboxylic acids is 1. The van der Waals surface area contributed by atoms with E-state index in [1.165, 1.54) is 13.0 Å². The van der Waals surface area contributed by atoms with Crippen molar-refractivity contribution in [3.63, 3.8) is 0 Å². The third-order valence-electron chi connectivity index (χ3n) is 2.62. The van der Waals surface area contributed by atoms with Crippen LogP contribution in [0.2, 0.25) is 0 Å². The van der Waals surface area contributed by atoms with E-state index in [0.717, 1.165) is 5.56 Å². The molecule has 2 aromatic rings. The highest BCUT2D eigenvalue weighted by Gasteiger charge is 2.14. The van der Waals surface area contributed by atoms with Gasteiger partial charge in [0.1, 0.15) is 5.69 Å². The molecule has 0 aliphatic rings. The highest BCUT2D eigenvalue weighted by atomic mass is 16.4. The molecule has 0 saturated heterocycles. The first kappa shape index (κ1) is 12.0. The molecule has 2 aromatic heterocycles. The molecule has 0 atom stereocenters. The maximum atomic E-state index is 11.3. The van der Waals surface area contributed by atoms with Crippen LogP contribution in [0.4, 0.5) is 0 Å². The summed E-state index contributed by atoms with van der Waals surface area (Å²) < 4.78 is 1.55. The minimum atomic E-state index is -1.04. The number of carbonyl (C=O) groups is 2. The number of rotatable bonds is 4. The monoisotopic (exact) mass is 244 g/mol. The summed E-state index contributed by atoms with van der Waals surface area (Å²) in [4.78, 5) is 26.3. The number of pyridine rings is 1. The van der Waals surface area contributed by atoms with Crippen LogP contribution in [-0.4, -0.2) is 26.4 Å². The summed E-state index contributed by atoms with van der Waals surface area (Å²) in [5, 5.41) is 9.09. The third kappa shape index (κ3) is 2.45. The summed E-state index contributed by atoms with van der Waals surface area (Å²) in [6.45, 7) is 1.81. The predicted molar refractivity (Wildman–Crippen MR) is 64.7 cm³/mol. The van der Waals surface area contributed by atoms with Crippen molar-refractivity contribution >= 4 is 11.8 Å². The van der Waals surface area contributed by atoms with E-state index in [9.17, 15) is 9.59 Å².